The molecule has 0 bridgehead atoms. The van der Waals surface area contributed by atoms with E-state index in [0.29, 0.717) is 34.5 Å². The van der Waals surface area contributed by atoms with Crippen molar-refractivity contribution in [3.8, 4) is 0 Å². The maximum absolute atomic E-state index is 13.1. The number of furan rings is 2. The summed E-state index contributed by atoms with van der Waals surface area (Å²) in [5, 5.41) is 1.41. The van der Waals surface area contributed by atoms with Crippen molar-refractivity contribution in [1.82, 2.24) is 0 Å². The first-order chi connectivity index (χ1) is 22.6. The number of ketones is 1. The summed E-state index contributed by atoms with van der Waals surface area (Å²) in [5.74, 6) is 0.941. The van der Waals surface area contributed by atoms with E-state index in [4.69, 9.17) is 20.4 Å². The molecule has 0 fully saturated rings. The summed E-state index contributed by atoms with van der Waals surface area (Å²) >= 11 is 12.0. The van der Waals surface area contributed by atoms with Gasteiger partial charge in [0.25, 0.3) is 5.24 Å². The lowest BCUT2D eigenvalue weighted by Crippen LogP contribution is -2.04. The predicted octanol–water partition coefficient (Wildman–Crippen LogP) is 12.7. The molecule has 0 unspecified atom stereocenters. The number of halogens is 5. The lowest BCUT2D eigenvalue weighted by Gasteiger charge is -2.03. The van der Waals surface area contributed by atoms with Crippen LogP contribution in [0.3, 0.4) is 0 Å². The zero-order valence-electron chi connectivity index (χ0n) is 25.9. The van der Waals surface area contributed by atoms with Crippen LogP contribution >= 0.6 is 43.5 Å². The van der Waals surface area contributed by atoms with Gasteiger partial charge in [0.1, 0.15) is 34.3 Å². The minimum Gasteiger partial charge on any atom is -0.461 e. The first kappa shape index (κ1) is 36.2. The van der Waals surface area contributed by atoms with Gasteiger partial charge in [-0.3, -0.25) is 9.59 Å². The van der Waals surface area contributed by atoms with Gasteiger partial charge in [0.05, 0.1) is 5.56 Å². The van der Waals surface area contributed by atoms with E-state index in [9.17, 15) is 18.4 Å². The van der Waals surface area contributed by atoms with E-state index in [0.717, 1.165) is 44.9 Å². The third-order valence-electron chi connectivity index (χ3n) is 7.19. The number of rotatable bonds is 9. The van der Waals surface area contributed by atoms with Gasteiger partial charge in [0, 0.05) is 43.7 Å². The molecule has 2 aromatic heterocycles. The second-order valence-corrected chi connectivity index (χ2v) is 12.9. The topological polar surface area (TPSA) is 60.4 Å². The normalized spacial score (nSPS) is 10.7. The Hall–Kier alpha value is -3.59. The SMILES string of the molecule is CCCCc1cc2cc(Br)ccc2o1.CCCCc1oc2ccc(Br)cc2c1C(=O)c1ccc(F)cc1.O=C(Cl)c1ccc(F)cc1. The minimum atomic E-state index is -0.569. The highest BCUT2D eigenvalue weighted by molar-refractivity contribution is 9.10. The smallest absolute Gasteiger partial charge is 0.252 e. The number of hydrogen-bond acceptors (Lipinski definition) is 4. The summed E-state index contributed by atoms with van der Waals surface area (Å²) in [4.78, 5) is 23.3. The predicted molar refractivity (Wildman–Crippen MR) is 191 cm³/mol. The van der Waals surface area contributed by atoms with Gasteiger partial charge in [-0.1, -0.05) is 58.5 Å². The molecule has 0 amide bonds. The molecule has 6 rings (SSSR count). The van der Waals surface area contributed by atoms with Crippen LogP contribution in [0, 0.1) is 11.6 Å². The van der Waals surface area contributed by atoms with Crippen LogP contribution in [-0.2, 0) is 12.8 Å². The van der Waals surface area contributed by atoms with E-state index in [1.165, 1.54) is 66.8 Å². The number of benzene rings is 4. The molecule has 4 aromatic carbocycles. The van der Waals surface area contributed by atoms with Crippen LogP contribution in [0.25, 0.3) is 21.9 Å². The molecule has 0 N–H and O–H groups in total. The third kappa shape index (κ3) is 10.2. The molecule has 0 saturated heterocycles. The molecule has 9 heteroatoms. The number of fused-ring (bicyclic) bond motifs is 2. The fourth-order valence-corrected chi connectivity index (χ4v) is 5.62. The highest BCUT2D eigenvalue weighted by Gasteiger charge is 2.22. The number of aryl methyl sites for hydroxylation is 2. The van der Waals surface area contributed by atoms with E-state index in [-0.39, 0.29) is 17.4 Å². The summed E-state index contributed by atoms with van der Waals surface area (Å²) < 4.78 is 38.9. The van der Waals surface area contributed by atoms with Gasteiger partial charge in [0.2, 0.25) is 0 Å². The van der Waals surface area contributed by atoms with Crippen molar-refractivity contribution in [2.24, 2.45) is 0 Å². The molecule has 4 nitrogen and oxygen atoms in total. The lowest BCUT2D eigenvalue weighted by molar-refractivity contribution is 0.103. The Labute approximate surface area is 294 Å². The van der Waals surface area contributed by atoms with Crippen LogP contribution in [0.2, 0.25) is 0 Å². The quantitative estimate of drug-likeness (QED) is 0.108. The van der Waals surface area contributed by atoms with Crippen molar-refractivity contribution in [1.29, 1.82) is 0 Å². The largest absolute Gasteiger partial charge is 0.461 e. The zero-order valence-corrected chi connectivity index (χ0v) is 29.9. The van der Waals surface area contributed by atoms with Gasteiger partial charge in [-0.15, -0.1) is 0 Å². The molecule has 0 atom stereocenters. The Kier molecular flexibility index (Phi) is 13.5. The van der Waals surface area contributed by atoms with Gasteiger partial charge in [0.15, 0.2) is 5.78 Å². The van der Waals surface area contributed by atoms with Crippen LogP contribution < -0.4 is 0 Å². The standard InChI is InChI=1S/C19H16BrFO2.C12H13BrO.C7H4ClFO/c1-2-3-4-17-18(15-11-13(20)7-10-16(15)23-17)19(22)12-5-8-14(21)9-6-12;1-2-3-4-11-8-9-7-10(13)5-6-12(9)14-11;8-7(10)5-1-3-6(9)4-2-5/h5-11H,2-4H2,1H3;5-8H,2-4H2,1H3;1-4H. The van der Waals surface area contributed by atoms with Crippen LogP contribution in [0.5, 0.6) is 0 Å². The molecule has 0 radical (unpaired) electrons. The molecule has 0 spiro atoms. The van der Waals surface area contributed by atoms with Crippen molar-refractivity contribution >= 4 is 76.4 Å². The average Bonchev–Trinajstić information content (AvgIpc) is 3.63. The number of hydrogen-bond donors (Lipinski definition) is 0. The molecular weight excluding hydrogens is 754 g/mol. The van der Waals surface area contributed by atoms with Crippen LogP contribution in [0.1, 0.15) is 77.3 Å². The highest BCUT2D eigenvalue weighted by Crippen LogP contribution is 2.32. The van der Waals surface area contributed by atoms with Crippen LogP contribution in [0.4, 0.5) is 8.78 Å². The van der Waals surface area contributed by atoms with Gasteiger partial charge in [-0.25, -0.2) is 8.78 Å². The Balaban J connectivity index is 0.000000177. The van der Waals surface area contributed by atoms with Gasteiger partial charge in [-0.2, -0.15) is 0 Å². The van der Waals surface area contributed by atoms with E-state index < -0.39 is 5.24 Å². The fraction of sp³-hybridized carbons (Fsp3) is 0.211. The molecule has 0 aliphatic heterocycles. The summed E-state index contributed by atoms with van der Waals surface area (Å²) in [6.45, 7) is 4.29. The monoisotopic (exact) mass is 784 g/mol. The summed E-state index contributed by atoms with van der Waals surface area (Å²) in [5.41, 5.74) is 3.04. The lowest BCUT2D eigenvalue weighted by atomic mass is 9.98. The molecule has 0 aliphatic carbocycles. The average molecular weight is 787 g/mol. The van der Waals surface area contributed by atoms with Crippen molar-refractivity contribution in [3.63, 3.8) is 0 Å². The summed E-state index contributed by atoms with van der Waals surface area (Å²) in [6, 6.07) is 24.6. The Morgan fingerprint density at radius 3 is 1.83 bits per heavy atom. The summed E-state index contributed by atoms with van der Waals surface area (Å²) in [6.07, 6.45) is 6.13. The maximum Gasteiger partial charge on any atom is 0.252 e. The number of carbonyl (C=O) groups is 2. The minimum absolute atomic E-state index is 0.132. The Bertz CT molecular complexity index is 1950. The second kappa shape index (κ2) is 17.5. The van der Waals surface area contributed by atoms with Gasteiger partial charge in [-0.05, 0) is 115 Å². The molecule has 0 aliphatic rings. The van der Waals surface area contributed by atoms with Crippen molar-refractivity contribution < 1.29 is 27.2 Å². The zero-order chi connectivity index (χ0) is 33.9. The number of carbonyl (C=O) groups excluding carboxylic acids is 2. The molecule has 0 saturated carbocycles. The van der Waals surface area contributed by atoms with Crippen LogP contribution in [-0.4, -0.2) is 11.0 Å². The Morgan fingerprint density at radius 1 is 0.681 bits per heavy atom. The van der Waals surface area contributed by atoms with E-state index in [1.807, 2.05) is 30.3 Å². The van der Waals surface area contributed by atoms with Crippen molar-refractivity contribution in [2.75, 3.05) is 0 Å². The van der Waals surface area contributed by atoms with E-state index in [2.05, 4.69) is 57.8 Å². The second-order valence-electron chi connectivity index (χ2n) is 10.8. The first-order valence-electron chi connectivity index (χ1n) is 15.2. The van der Waals surface area contributed by atoms with Gasteiger partial charge < -0.3 is 8.83 Å². The molecule has 244 valence electrons. The molecule has 2 heterocycles. The van der Waals surface area contributed by atoms with E-state index >= 15 is 0 Å². The van der Waals surface area contributed by atoms with E-state index in [1.54, 1.807) is 0 Å². The summed E-state index contributed by atoms with van der Waals surface area (Å²) in [7, 11) is 0. The third-order valence-corrected chi connectivity index (χ3v) is 8.40. The van der Waals surface area contributed by atoms with Crippen molar-refractivity contribution in [2.45, 2.75) is 52.4 Å². The van der Waals surface area contributed by atoms with Crippen LogP contribution in [0.15, 0.2) is 109 Å². The maximum atomic E-state index is 13.1. The fourth-order valence-electron chi connectivity index (χ4n) is 4.75. The molecule has 47 heavy (non-hydrogen) atoms. The molecular formula is C38H33Br2ClF2O4. The Morgan fingerprint density at radius 2 is 1.23 bits per heavy atom. The van der Waals surface area contributed by atoms with Crippen molar-refractivity contribution in [3.05, 3.63) is 140 Å². The molecule has 6 aromatic rings. The highest BCUT2D eigenvalue weighted by atomic mass is 79.9. The van der Waals surface area contributed by atoms with Gasteiger partial charge >= 0.3 is 0 Å². The number of unbranched alkanes of at least 4 members (excludes halogenated alkanes) is 2. The first-order valence-corrected chi connectivity index (χ1v) is 17.2.